The number of nitrogen functional groups attached to an aromatic ring is 1. The number of hydrogen-bond acceptors (Lipinski definition) is 3. The molecule has 2 N–H and O–H groups in total. The van der Waals surface area contributed by atoms with E-state index in [-0.39, 0.29) is 6.09 Å². The second kappa shape index (κ2) is 3.98. The number of ether oxygens (including phenoxy) is 1. The third-order valence-electron chi connectivity index (χ3n) is 2.23. The van der Waals surface area contributed by atoms with Gasteiger partial charge in [0.2, 0.25) is 0 Å². The van der Waals surface area contributed by atoms with Crippen LogP contribution in [0.5, 0.6) is 0 Å². The van der Waals surface area contributed by atoms with Crippen molar-refractivity contribution in [1.29, 1.82) is 0 Å². The van der Waals surface area contributed by atoms with Crippen LogP contribution in [-0.4, -0.2) is 19.2 Å². The van der Waals surface area contributed by atoms with E-state index in [0.717, 1.165) is 6.42 Å². The molecule has 1 saturated heterocycles. The van der Waals surface area contributed by atoms with Gasteiger partial charge in [0.25, 0.3) is 0 Å². The third-order valence-corrected chi connectivity index (χ3v) is 2.54. The van der Waals surface area contributed by atoms with E-state index in [4.69, 9.17) is 22.1 Å². The number of carbonyl (C=O) groups excluding carboxylic acids is 1. The molecule has 0 unspecified atom stereocenters. The average molecular weight is 227 g/mol. The Hall–Kier alpha value is -1.42. The summed E-state index contributed by atoms with van der Waals surface area (Å²) < 4.78 is 4.93. The quantitative estimate of drug-likeness (QED) is 0.748. The summed E-state index contributed by atoms with van der Waals surface area (Å²) in [7, 11) is 0. The number of halogens is 1. The van der Waals surface area contributed by atoms with Gasteiger partial charge in [-0.15, -0.1) is 0 Å². The van der Waals surface area contributed by atoms with E-state index in [9.17, 15) is 4.79 Å². The molecule has 1 aromatic rings. The lowest BCUT2D eigenvalue weighted by Gasteiger charge is -2.27. The number of hydrogen-bond donors (Lipinski definition) is 1. The fraction of sp³-hybridized carbons (Fsp3) is 0.300. The van der Waals surface area contributed by atoms with Crippen molar-refractivity contribution in [3.63, 3.8) is 0 Å². The summed E-state index contributed by atoms with van der Waals surface area (Å²) in [6.07, 6.45) is 0.458. The van der Waals surface area contributed by atoms with Crippen LogP contribution >= 0.6 is 11.6 Å². The number of nitrogens with two attached hydrogens (primary N) is 1. The van der Waals surface area contributed by atoms with E-state index in [0.29, 0.717) is 29.5 Å². The summed E-state index contributed by atoms with van der Waals surface area (Å²) in [6, 6.07) is 5.06. The molecule has 0 bridgehead atoms. The van der Waals surface area contributed by atoms with Crippen molar-refractivity contribution in [2.24, 2.45) is 0 Å². The molecule has 0 atom stereocenters. The molecule has 80 valence electrons. The lowest BCUT2D eigenvalue weighted by molar-refractivity contribution is 0.140. The van der Waals surface area contributed by atoms with Gasteiger partial charge in [-0.1, -0.05) is 11.6 Å². The summed E-state index contributed by atoms with van der Waals surface area (Å²) in [5, 5.41) is 0.467. The number of rotatable bonds is 1. The van der Waals surface area contributed by atoms with E-state index in [1.54, 1.807) is 18.2 Å². The topological polar surface area (TPSA) is 55.6 Å². The number of anilines is 2. The van der Waals surface area contributed by atoms with Crippen LogP contribution in [0.25, 0.3) is 0 Å². The number of amides is 1. The van der Waals surface area contributed by atoms with Crippen molar-refractivity contribution in [3.05, 3.63) is 23.2 Å². The Kier molecular flexibility index (Phi) is 2.68. The lowest BCUT2D eigenvalue weighted by atomic mass is 10.2. The molecule has 2 rings (SSSR count). The predicted octanol–water partition coefficient (Wildman–Crippen LogP) is 2.27. The molecule has 0 spiro atoms. The van der Waals surface area contributed by atoms with Gasteiger partial charge in [-0.25, -0.2) is 4.79 Å². The first-order valence-corrected chi connectivity index (χ1v) is 5.05. The number of cyclic esters (lactones) is 1. The van der Waals surface area contributed by atoms with E-state index in [2.05, 4.69) is 0 Å². The highest BCUT2D eigenvalue weighted by Crippen LogP contribution is 2.29. The zero-order valence-corrected chi connectivity index (χ0v) is 8.83. The van der Waals surface area contributed by atoms with Gasteiger partial charge in [0.05, 0.1) is 17.3 Å². The van der Waals surface area contributed by atoms with Crippen LogP contribution in [0, 0.1) is 0 Å². The first-order valence-electron chi connectivity index (χ1n) is 4.68. The Balaban J connectivity index is 2.31. The monoisotopic (exact) mass is 226 g/mol. The Morgan fingerprint density at radius 3 is 2.93 bits per heavy atom. The maximum atomic E-state index is 11.4. The van der Waals surface area contributed by atoms with E-state index in [1.807, 2.05) is 0 Å². The average Bonchev–Trinajstić information content (AvgIpc) is 2.20. The van der Waals surface area contributed by atoms with Crippen LogP contribution in [0.15, 0.2) is 18.2 Å². The molecule has 0 saturated carbocycles. The molecule has 1 heterocycles. The zero-order valence-electron chi connectivity index (χ0n) is 8.07. The minimum absolute atomic E-state index is 0.354. The highest BCUT2D eigenvalue weighted by Gasteiger charge is 2.22. The molecule has 0 radical (unpaired) electrons. The molecular weight excluding hydrogens is 216 g/mol. The summed E-state index contributed by atoms with van der Waals surface area (Å²) in [6.45, 7) is 1.10. The summed E-state index contributed by atoms with van der Waals surface area (Å²) >= 11 is 6.00. The Labute approximate surface area is 92.6 Å². The van der Waals surface area contributed by atoms with Crippen LogP contribution in [0.2, 0.25) is 5.02 Å². The minimum Gasteiger partial charge on any atom is -0.449 e. The van der Waals surface area contributed by atoms with Crippen LogP contribution in [0.3, 0.4) is 0 Å². The van der Waals surface area contributed by atoms with Crippen LogP contribution in [0.1, 0.15) is 6.42 Å². The van der Waals surface area contributed by atoms with Gasteiger partial charge in [0.15, 0.2) is 0 Å². The maximum absolute atomic E-state index is 11.4. The van der Waals surface area contributed by atoms with E-state index in [1.165, 1.54) is 4.90 Å². The molecule has 4 nitrogen and oxygen atoms in total. The molecule has 0 aromatic heterocycles. The molecule has 1 aliphatic heterocycles. The molecule has 15 heavy (non-hydrogen) atoms. The fourth-order valence-corrected chi connectivity index (χ4v) is 1.80. The number of nitrogens with zero attached hydrogens (tertiary/aromatic N) is 1. The molecule has 1 amide bonds. The molecule has 0 aliphatic carbocycles. The number of carbonyl (C=O) groups is 1. The Morgan fingerprint density at radius 1 is 1.47 bits per heavy atom. The van der Waals surface area contributed by atoms with Crippen molar-refractivity contribution in [3.8, 4) is 0 Å². The second-order valence-corrected chi connectivity index (χ2v) is 3.74. The van der Waals surface area contributed by atoms with Crippen LogP contribution in [0.4, 0.5) is 16.2 Å². The van der Waals surface area contributed by atoms with Crippen molar-refractivity contribution in [2.45, 2.75) is 6.42 Å². The maximum Gasteiger partial charge on any atom is 0.414 e. The van der Waals surface area contributed by atoms with Crippen molar-refractivity contribution in [1.82, 2.24) is 0 Å². The van der Waals surface area contributed by atoms with Gasteiger partial charge in [0.1, 0.15) is 0 Å². The Bertz CT molecular complexity index is 395. The van der Waals surface area contributed by atoms with Gasteiger partial charge in [0, 0.05) is 12.2 Å². The fourth-order valence-electron chi connectivity index (χ4n) is 1.51. The highest BCUT2D eigenvalue weighted by molar-refractivity contribution is 6.34. The molecule has 1 aliphatic rings. The van der Waals surface area contributed by atoms with Crippen molar-refractivity contribution in [2.75, 3.05) is 23.8 Å². The van der Waals surface area contributed by atoms with Gasteiger partial charge < -0.3 is 10.5 Å². The standard InChI is InChI=1S/C10H11ClN2O2/c11-8-6-7(12)2-3-9(8)13-4-1-5-15-10(13)14/h2-3,6H,1,4-5,12H2. The second-order valence-electron chi connectivity index (χ2n) is 3.33. The van der Waals surface area contributed by atoms with Crippen LogP contribution in [-0.2, 0) is 4.74 Å². The van der Waals surface area contributed by atoms with E-state index >= 15 is 0 Å². The van der Waals surface area contributed by atoms with Crippen LogP contribution < -0.4 is 10.6 Å². The smallest absolute Gasteiger partial charge is 0.414 e. The SMILES string of the molecule is Nc1ccc(N2CCCOC2=O)c(Cl)c1. The van der Waals surface area contributed by atoms with E-state index < -0.39 is 0 Å². The Morgan fingerprint density at radius 2 is 2.27 bits per heavy atom. The van der Waals surface area contributed by atoms with Crippen molar-refractivity contribution >= 4 is 29.1 Å². The predicted molar refractivity (Wildman–Crippen MR) is 59.2 cm³/mol. The number of benzene rings is 1. The summed E-state index contributed by atoms with van der Waals surface area (Å²) in [4.78, 5) is 13.0. The molecule has 1 aromatic carbocycles. The van der Waals surface area contributed by atoms with Gasteiger partial charge >= 0.3 is 6.09 Å². The van der Waals surface area contributed by atoms with Gasteiger partial charge in [-0.2, -0.15) is 0 Å². The highest BCUT2D eigenvalue weighted by atomic mass is 35.5. The normalized spacial score (nSPS) is 16.3. The zero-order chi connectivity index (χ0) is 10.8. The first kappa shape index (κ1) is 10.1. The lowest BCUT2D eigenvalue weighted by Crippen LogP contribution is -2.37. The largest absolute Gasteiger partial charge is 0.449 e. The molecular formula is C10H11ClN2O2. The summed E-state index contributed by atoms with van der Waals surface area (Å²) in [5.41, 5.74) is 6.80. The van der Waals surface area contributed by atoms with Gasteiger partial charge in [-0.05, 0) is 24.6 Å². The van der Waals surface area contributed by atoms with Gasteiger partial charge in [-0.3, -0.25) is 4.90 Å². The summed E-state index contributed by atoms with van der Waals surface area (Å²) in [5.74, 6) is 0. The third kappa shape index (κ3) is 1.99. The molecule has 5 heteroatoms. The molecule has 1 fully saturated rings. The first-order chi connectivity index (χ1) is 7.18. The van der Waals surface area contributed by atoms with Crippen molar-refractivity contribution < 1.29 is 9.53 Å². The minimum atomic E-state index is -0.354.